The number of amides is 3. The third kappa shape index (κ3) is 10.4. The van der Waals surface area contributed by atoms with Gasteiger partial charge in [0.1, 0.15) is 18.6 Å². The number of carboxylic acid groups (broad SMARTS) is 1. The molecule has 0 saturated heterocycles. The highest BCUT2D eigenvalue weighted by Gasteiger charge is 2.26. The van der Waals surface area contributed by atoms with Crippen LogP contribution >= 0.6 is 0 Å². The number of guanidine groups is 1. The van der Waals surface area contributed by atoms with Crippen molar-refractivity contribution in [2.24, 2.45) is 22.2 Å². The van der Waals surface area contributed by atoms with Gasteiger partial charge in [-0.2, -0.15) is 0 Å². The molecule has 1 aromatic rings. The van der Waals surface area contributed by atoms with Gasteiger partial charge in [0.15, 0.2) is 5.96 Å². The van der Waals surface area contributed by atoms with Crippen LogP contribution in [0.3, 0.4) is 0 Å². The van der Waals surface area contributed by atoms with Crippen LogP contribution in [0.15, 0.2) is 35.3 Å². The molecule has 3 atom stereocenters. The van der Waals surface area contributed by atoms with Crippen molar-refractivity contribution in [3.63, 3.8) is 0 Å². The Morgan fingerprint density at radius 2 is 1.69 bits per heavy atom. The molecule has 0 fully saturated rings. The van der Waals surface area contributed by atoms with Crippen LogP contribution in [0.5, 0.6) is 0 Å². The van der Waals surface area contributed by atoms with E-state index in [0.29, 0.717) is 19.4 Å². The largest absolute Gasteiger partial charge is 0.480 e. The number of benzene rings is 1. The maximum Gasteiger partial charge on any atom is 0.322 e. The minimum Gasteiger partial charge on any atom is -0.480 e. The van der Waals surface area contributed by atoms with Crippen molar-refractivity contribution in [2.45, 2.75) is 44.3 Å². The normalized spacial score (nSPS) is 13.2. The summed E-state index contributed by atoms with van der Waals surface area (Å²) in [4.78, 5) is 51.8. The van der Waals surface area contributed by atoms with Gasteiger partial charge in [-0.3, -0.25) is 24.2 Å². The lowest BCUT2D eigenvalue weighted by atomic mass is 10.0. The van der Waals surface area contributed by atoms with E-state index in [-0.39, 0.29) is 12.4 Å². The molecule has 10 N–H and O–H groups in total. The molecule has 0 heterocycles. The van der Waals surface area contributed by atoms with E-state index in [9.17, 15) is 19.2 Å². The average molecular weight is 450 g/mol. The molecule has 3 amide bonds. The van der Waals surface area contributed by atoms with Gasteiger partial charge in [0, 0.05) is 13.0 Å². The van der Waals surface area contributed by atoms with Crippen LogP contribution in [0.2, 0.25) is 0 Å². The molecule has 0 saturated carbocycles. The van der Waals surface area contributed by atoms with Crippen LogP contribution < -0.4 is 33.2 Å². The maximum atomic E-state index is 12.6. The van der Waals surface area contributed by atoms with Gasteiger partial charge in [-0.25, -0.2) is 0 Å². The lowest BCUT2D eigenvalue weighted by Gasteiger charge is -2.22. The summed E-state index contributed by atoms with van der Waals surface area (Å²) in [5.74, 6) is -3.06. The third-order valence-corrected chi connectivity index (χ3v) is 4.39. The summed E-state index contributed by atoms with van der Waals surface area (Å²) < 4.78 is 0. The lowest BCUT2D eigenvalue weighted by Crippen LogP contribution is -2.55. The van der Waals surface area contributed by atoms with Crippen LogP contribution in [0.25, 0.3) is 0 Å². The highest BCUT2D eigenvalue weighted by atomic mass is 16.4. The van der Waals surface area contributed by atoms with E-state index in [1.807, 2.05) is 0 Å². The van der Waals surface area contributed by atoms with Crippen LogP contribution in [-0.4, -0.2) is 66.0 Å². The number of carbonyl (C=O) groups excluding carboxylic acids is 3. The number of carbonyl (C=O) groups is 4. The van der Waals surface area contributed by atoms with E-state index < -0.39 is 48.4 Å². The average Bonchev–Trinajstić information content (AvgIpc) is 2.74. The zero-order valence-electron chi connectivity index (χ0n) is 17.9. The van der Waals surface area contributed by atoms with Crippen LogP contribution in [0.1, 0.15) is 25.3 Å². The predicted molar refractivity (Wildman–Crippen MR) is 118 cm³/mol. The molecule has 0 bridgehead atoms. The van der Waals surface area contributed by atoms with Crippen molar-refractivity contribution < 1.29 is 24.3 Å². The molecule has 3 unspecified atom stereocenters. The first kappa shape index (κ1) is 26.4. The van der Waals surface area contributed by atoms with Gasteiger partial charge in [0.25, 0.3) is 0 Å². The number of nitrogens with one attached hydrogen (secondary N) is 3. The highest BCUT2D eigenvalue weighted by Crippen LogP contribution is 2.04. The lowest BCUT2D eigenvalue weighted by molar-refractivity contribution is -0.138. The van der Waals surface area contributed by atoms with Gasteiger partial charge < -0.3 is 38.3 Å². The van der Waals surface area contributed by atoms with Crippen molar-refractivity contribution in [1.82, 2.24) is 16.0 Å². The summed E-state index contributed by atoms with van der Waals surface area (Å²) in [5.41, 5.74) is 17.0. The number of nitrogens with two attached hydrogens (primary N) is 3. The molecular weight excluding hydrogens is 418 g/mol. The smallest absolute Gasteiger partial charge is 0.322 e. The highest BCUT2D eigenvalue weighted by molar-refractivity contribution is 5.93. The van der Waals surface area contributed by atoms with Gasteiger partial charge >= 0.3 is 5.97 Å². The second-order valence-corrected chi connectivity index (χ2v) is 7.15. The Balaban J connectivity index is 2.68. The SMILES string of the molecule is CC(NC(=O)C(N)CCCN=C(N)N)C(=O)NC(Cc1ccccc1)C(=O)NCC(=O)O. The number of hydrogen-bond acceptors (Lipinski definition) is 6. The van der Waals surface area contributed by atoms with Gasteiger partial charge in [-0.15, -0.1) is 0 Å². The summed E-state index contributed by atoms with van der Waals surface area (Å²) in [5, 5.41) is 16.1. The van der Waals surface area contributed by atoms with E-state index in [1.54, 1.807) is 30.3 Å². The van der Waals surface area contributed by atoms with Gasteiger partial charge in [-0.05, 0) is 25.3 Å². The Bertz CT molecular complexity index is 812. The molecule has 1 aromatic carbocycles. The fourth-order valence-corrected chi connectivity index (χ4v) is 2.68. The van der Waals surface area contributed by atoms with Crippen molar-refractivity contribution in [1.29, 1.82) is 0 Å². The van der Waals surface area contributed by atoms with Crippen LogP contribution in [0, 0.1) is 0 Å². The van der Waals surface area contributed by atoms with Crippen molar-refractivity contribution >= 4 is 29.7 Å². The molecule has 176 valence electrons. The summed E-state index contributed by atoms with van der Waals surface area (Å²) in [6.07, 6.45) is 0.935. The van der Waals surface area contributed by atoms with Gasteiger partial charge in [0.2, 0.25) is 17.7 Å². The second-order valence-electron chi connectivity index (χ2n) is 7.15. The summed E-state index contributed by atoms with van der Waals surface area (Å²) >= 11 is 0. The molecule has 0 spiro atoms. The number of aliphatic carboxylic acids is 1. The van der Waals surface area contributed by atoms with Gasteiger partial charge in [0.05, 0.1) is 6.04 Å². The first-order valence-electron chi connectivity index (χ1n) is 10.0. The zero-order chi connectivity index (χ0) is 24.1. The van der Waals surface area contributed by atoms with E-state index in [2.05, 4.69) is 20.9 Å². The van der Waals surface area contributed by atoms with Crippen molar-refractivity contribution in [3.8, 4) is 0 Å². The summed E-state index contributed by atoms with van der Waals surface area (Å²) in [6.45, 7) is 1.20. The van der Waals surface area contributed by atoms with Crippen LogP contribution in [0.4, 0.5) is 0 Å². The second kappa shape index (κ2) is 13.6. The summed E-state index contributed by atoms with van der Waals surface area (Å²) in [6, 6.07) is 6.04. The Labute approximate surface area is 186 Å². The minimum atomic E-state index is -1.21. The molecule has 12 heteroatoms. The standard InChI is InChI=1S/C20H31N7O5/c1-12(26-18(31)14(21)8-5-9-24-20(22)23)17(30)27-15(19(32)25-11-16(28)29)10-13-6-3-2-4-7-13/h2-4,6-7,12,14-15H,5,8-11,21H2,1H3,(H,25,32)(H,26,31)(H,27,30)(H,28,29)(H4,22,23,24). The zero-order valence-corrected chi connectivity index (χ0v) is 17.9. The summed E-state index contributed by atoms with van der Waals surface area (Å²) in [7, 11) is 0. The molecule has 0 aliphatic heterocycles. The molecule has 12 nitrogen and oxygen atoms in total. The number of aliphatic imine (C=N–C) groups is 1. The molecular formula is C20H31N7O5. The van der Waals surface area contributed by atoms with E-state index in [1.165, 1.54) is 6.92 Å². The third-order valence-electron chi connectivity index (χ3n) is 4.39. The van der Waals surface area contributed by atoms with Gasteiger partial charge in [-0.1, -0.05) is 30.3 Å². The fourth-order valence-electron chi connectivity index (χ4n) is 2.68. The number of hydrogen-bond donors (Lipinski definition) is 7. The van der Waals surface area contributed by atoms with Crippen molar-refractivity contribution in [3.05, 3.63) is 35.9 Å². The Hall–Kier alpha value is -3.67. The molecule has 32 heavy (non-hydrogen) atoms. The first-order chi connectivity index (χ1) is 15.1. The molecule has 0 aliphatic rings. The molecule has 1 rings (SSSR count). The fraction of sp³-hybridized carbons (Fsp3) is 0.450. The Kier molecular flexibility index (Phi) is 11.2. The maximum absolute atomic E-state index is 12.6. The minimum absolute atomic E-state index is 0.0502. The first-order valence-corrected chi connectivity index (χ1v) is 10.0. The monoisotopic (exact) mass is 449 g/mol. The van der Waals surface area contributed by atoms with Crippen LogP contribution in [-0.2, 0) is 25.6 Å². The van der Waals surface area contributed by atoms with E-state index >= 15 is 0 Å². The molecule has 0 radical (unpaired) electrons. The topological polar surface area (TPSA) is 215 Å². The number of rotatable bonds is 13. The Morgan fingerprint density at radius 3 is 2.28 bits per heavy atom. The quantitative estimate of drug-likeness (QED) is 0.0993. The van der Waals surface area contributed by atoms with Crippen molar-refractivity contribution in [2.75, 3.05) is 13.1 Å². The number of carboxylic acids is 1. The van der Waals surface area contributed by atoms with E-state index in [0.717, 1.165) is 5.56 Å². The Morgan fingerprint density at radius 1 is 1.03 bits per heavy atom. The predicted octanol–water partition coefficient (Wildman–Crippen LogP) is -2.20. The number of nitrogens with zero attached hydrogens (tertiary/aromatic N) is 1. The van der Waals surface area contributed by atoms with E-state index in [4.69, 9.17) is 22.3 Å². The molecule has 0 aromatic heterocycles. The molecule has 0 aliphatic carbocycles.